The molecule has 0 saturated heterocycles. The Kier molecular flexibility index (Phi) is 5.64. The molecule has 0 spiro atoms. The van der Waals surface area contributed by atoms with Crippen molar-refractivity contribution < 1.29 is 0 Å². The van der Waals surface area contributed by atoms with Gasteiger partial charge in [-0.2, -0.15) is 0 Å². The third-order valence-electron chi connectivity index (χ3n) is 9.97. The van der Waals surface area contributed by atoms with Gasteiger partial charge in [-0.15, -0.1) is 0 Å². The third-order valence-corrected chi connectivity index (χ3v) is 9.97. The predicted octanol–water partition coefficient (Wildman–Crippen LogP) is 12.9. The van der Waals surface area contributed by atoms with Crippen molar-refractivity contribution in [1.82, 2.24) is 4.98 Å². The van der Waals surface area contributed by atoms with E-state index in [1.807, 2.05) is 0 Å². The van der Waals surface area contributed by atoms with Gasteiger partial charge in [-0.25, -0.2) is 0 Å². The number of hydrogen-bond acceptors (Lipinski definition) is 0. The smallest absolute Gasteiger partial charge is 0.0458 e. The Morgan fingerprint density at radius 2 is 0.872 bits per heavy atom. The molecule has 218 valence electrons. The molecule has 1 heterocycles. The first-order valence-corrected chi connectivity index (χ1v) is 16.3. The van der Waals surface area contributed by atoms with Crippen molar-refractivity contribution in [3.63, 3.8) is 0 Å². The SMILES string of the molecule is c1cc(-c2ccc(-c3ccc(-c4cc5ccccc5c5ccccc45)cc3)[nH]2)cc(-c2ccc3ccc4cccc5ccc2c3c45)c1. The number of rotatable bonds is 4. The Morgan fingerprint density at radius 3 is 1.70 bits per heavy atom. The minimum absolute atomic E-state index is 1.11. The quantitative estimate of drug-likeness (QED) is 0.195. The molecule has 47 heavy (non-hydrogen) atoms. The van der Waals surface area contributed by atoms with E-state index in [0.29, 0.717) is 0 Å². The zero-order chi connectivity index (χ0) is 30.9. The highest BCUT2D eigenvalue weighted by atomic mass is 14.7. The third kappa shape index (κ3) is 4.10. The van der Waals surface area contributed by atoms with Gasteiger partial charge in [0.1, 0.15) is 0 Å². The van der Waals surface area contributed by atoms with Crippen LogP contribution in [0.4, 0.5) is 0 Å². The van der Waals surface area contributed by atoms with Crippen LogP contribution in [0.5, 0.6) is 0 Å². The summed E-state index contributed by atoms with van der Waals surface area (Å²) in [6.45, 7) is 0. The van der Waals surface area contributed by atoms with Crippen molar-refractivity contribution in [3.8, 4) is 44.8 Å². The second-order valence-corrected chi connectivity index (χ2v) is 12.6. The zero-order valence-corrected chi connectivity index (χ0v) is 25.7. The summed E-state index contributed by atoms with van der Waals surface area (Å²) < 4.78 is 0. The van der Waals surface area contributed by atoms with Gasteiger partial charge in [0, 0.05) is 11.4 Å². The molecule has 0 radical (unpaired) electrons. The van der Waals surface area contributed by atoms with Crippen LogP contribution in [0.3, 0.4) is 0 Å². The molecule has 1 heteroatoms. The standard InChI is InChI=1S/C46H29N/c1-2-12-37-35(7-1)28-42(40-14-4-3-13-39(37)40)29-15-17-30(18-16-29)43-25-26-44(47-43)36-11-6-10-34(27-36)38-23-21-33-20-19-31-8-5-9-32-22-24-41(38)46(33)45(31)32/h1-28,47H. The molecule has 0 bridgehead atoms. The summed E-state index contributed by atoms with van der Waals surface area (Å²) in [5.41, 5.74) is 9.56. The van der Waals surface area contributed by atoms with Crippen LogP contribution in [0.1, 0.15) is 0 Å². The Labute approximate surface area is 272 Å². The highest BCUT2D eigenvalue weighted by molar-refractivity contribution is 6.25. The second kappa shape index (κ2) is 10.2. The summed E-state index contributed by atoms with van der Waals surface area (Å²) in [5.74, 6) is 0. The van der Waals surface area contributed by atoms with Gasteiger partial charge in [-0.05, 0) is 112 Å². The fraction of sp³-hybridized carbons (Fsp3) is 0. The number of nitrogens with one attached hydrogen (secondary N) is 1. The number of fused-ring (bicyclic) bond motifs is 3. The van der Waals surface area contributed by atoms with Gasteiger partial charge in [0.25, 0.3) is 0 Å². The first-order valence-electron chi connectivity index (χ1n) is 16.3. The largest absolute Gasteiger partial charge is 0.355 e. The summed E-state index contributed by atoms with van der Waals surface area (Å²) in [5, 5.41) is 13.0. The molecule has 0 fully saturated rings. The van der Waals surface area contributed by atoms with Gasteiger partial charge in [0.2, 0.25) is 0 Å². The minimum Gasteiger partial charge on any atom is -0.355 e. The Balaban J connectivity index is 1.01. The molecule has 0 aliphatic heterocycles. The van der Waals surface area contributed by atoms with Crippen LogP contribution in [0.2, 0.25) is 0 Å². The average Bonchev–Trinajstić information content (AvgIpc) is 3.64. The lowest BCUT2D eigenvalue weighted by Gasteiger charge is -2.14. The molecule has 0 unspecified atom stereocenters. The summed E-state index contributed by atoms with van der Waals surface area (Å²) in [4.78, 5) is 3.72. The van der Waals surface area contributed by atoms with Crippen LogP contribution < -0.4 is 0 Å². The van der Waals surface area contributed by atoms with Gasteiger partial charge in [0.15, 0.2) is 0 Å². The summed E-state index contributed by atoms with van der Waals surface area (Å²) in [6.07, 6.45) is 0. The molecule has 1 nitrogen and oxygen atoms in total. The number of benzene rings is 9. The van der Waals surface area contributed by atoms with E-state index in [4.69, 9.17) is 0 Å². The van der Waals surface area contributed by atoms with E-state index >= 15 is 0 Å². The molecule has 10 rings (SSSR count). The number of aromatic amines is 1. The molecule has 1 N–H and O–H groups in total. The maximum atomic E-state index is 3.72. The summed E-state index contributed by atoms with van der Waals surface area (Å²) in [6, 6.07) is 62.2. The molecule has 9 aromatic carbocycles. The lowest BCUT2D eigenvalue weighted by Crippen LogP contribution is -1.88. The van der Waals surface area contributed by atoms with E-state index in [1.54, 1.807) is 0 Å². The molecular weight excluding hydrogens is 567 g/mol. The van der Waals surface area contributed by atoms with E-state index < -0.39 is 0 Å². The predicted molar refractivity (Wildman–Crippen MR) is 201 cm³/mol. The molecular formula is C46H29N. The lowest BCUT2D eigenvalue weighted by molar-refractivity contribution is 1.39. The van der Waals surface area contributed by atoms with E-state index in [1.165, 1.54) is 87.2 Å². The van der Waals surface area contributed by atoms with Crippen molar-refractivity contribution in [3.05, 3.63) is 170 Å². The molecule has 1 aromatic heterocycles. The molecule has 0 saturated carbocycles. The van der Waals surface area contributed by atoms with Crippen LogP contribution in [-0.2, 0) is 0 Å². The van der Waals surface area contributed by atoms with E-state index in [2.05, 4.69) is 175 Å². The maximum absolute atomic E-state index is 3.72. The topological polar surface area (TPSA) is 15.8 Å². The van der Waals surface area contributed by atoms with Crippen LogP contribution in [0, 0.1) is 0 Å². The summed E-state index contributed by atoms with van der Waals surface area (Å²) in [7, 11) is 0. The van der Waals surface area contributed by atoms with E-state index in [-0.39, 0.29) is 0 Å². The van der Waals surface area contributed by atoms with Crippen LogP contribution in [0.25, 0.3) is 98.6 Å². The highest BCUT2D eigenvalue weighted by Crippen LogP contribution is 2.40. The van der Waals surface area contributed by atoms with Crippen molar-refractivity contribution in [2.24, 2.45) is 0 Å². The Hall–Kier alpha value is -6.18. The molecule has 0 aliphatic rings. The number of hydrogen-bond donors (Lipinski definition) is 1. The van der Waals surface area contributed by atoms with Crippen molar-refractivity contribution >= 4 is 53.9 Å². The highest BCUT2D eigenvalue weighted by Gasteiger charge is 2.14. The first kappa shape index (κ1) is 26.1. The van der Waals surface area contributed by atoms with E-state index in [9.17, 15) is 0 Å². The molecule has 0 atom stereocenters. The monoisotopic (exact) mass is 595 g/mol. The van der Waals surface area contributed by atoms with Crippen molar-refractivity contribution in [2.75, 3.05) is 0 Å². The normalized spacial score (nSPS) is 11.8. The van der Waals surface area contributed by atoms with Crippen LogP contribution in [0.15, 0.2) is 170 Å². The van der Waals surface area contributed by atoms with Gasteiger partial charge in [0.05, 0.1) is 0 Å². The zero-order valence-electron chi connectivity index (χ0n) is 25.7. The van der Waals surface area contributed by atoms with Crippen molar-refractivity contribution in [1.29, 1.82) is 0 Å². The number of aromatic nitrogens is 1. The maximum Gasteiger partial charge on any atom is 0.0458 e. The van der Waals surface area contributed by atoms with Gasteiger partial charge < -0.3 is 4.98 Å². The molecule has 0 amide bonds. The van der Waals surface area contributed by atoms with Crippen LogP contribution in [-0.4, -0.2) is 4.98 Å². The van der Waals surface area contributed by atoms with Gasteiger partial charge in [-0.1, -0.05) is 146 Å². The fourth-order valence-corrected chi connectivity index (χ4v) is 7.70. The summed E-state index contributed by atoms with van der Waals surface area (Å²) >= 11 is 0. The number of H-pyrrole nitrogens is 1. The molecule has 10 aromatic rings. The van der Waals surface area contributed by atoms with Crippen molar-refractivity contribution in [2.45, 2.75) is 0 Å². The Morgan fingerprint density at radius 1 is 0.277 bits per heavy atom. The lowest BCUT2D eigenvalue weighted by atomic mass is 9.89. The minimum atomic E-state index is 1.11. The average molecular weight is 596 g/mol. The van der Waals surface area contributed by atoms with Crippen LogP contribution >= 0.6 is 0 Å². The first-order chi connectivity index (χ1) is 23.3. The van der Waals surface area contributed by atoms with Gasteiger partial charge in [-0.3, -0.25) is 0 Å². The fourth-order valence-electron chi connectivity index (χ4n) is 7.70. The Bertz CT molecular complexity index is 2760. The molecule has 0 aliphatic carbocycles. The second-order valence-electron chi connectivity index (χ2n) is 12.6. The van der Waals surface area contributed by atoms with Gasteiger partial charge >= 0.3 is 0 Å². The van der Waals surface area contributed by atoms with E-state index in [0.717, 1.165) is 11.4 Å².